The quantitative estimate of drug-likeness (QED) is 0.298. The maximum Gasteiger partial charge on any atom is 0.416 e. The summed E-state index contributed by atoms with van der Waals surface area (Å²) in [5.41, 5.74) is -0.807. The smallest absolute Gasteiger partial charge is 0.337 e. The summed E-state index contributed by atoms with van der Waals surface area (Å²) in [4.78, 5) is 11.8. The molecule has 0 radical (unpaired) electrons. The Labute approximate surface area is 254 Å². The Kier molecular flexibility index (Phi) is 8.95. The lowest BCUT2D eigenvalue weighted by Gasteiger charge is -2.63. The van der Waals surface area contributed by atoms with Gasteiger partial charge in [0, 0.05) is 6.54 Å². The zero-order valence-corrected chi connectivity index (χ0v) is 26.7. The standard InChI is InChI=1S/C33H48F4N2O3S/c1-5-21-18-24-26-12-11-25(31(26,3)16-13-27(24)32(4)15-7-10-28(34)29(21)32)20(2)14-17-38-30(40)39-43(41,42)23-9-6-8-22(19-23)33(35,36)37/h6,8-9,19-21,24-29H,5,7,10-18H2,1-4H3,(H2,38,39,40)/t20-,21+,24?,25?,26?,27?,28+,29-,31-,32-/m1/s1. The van der Waals surface area contributed by atoms with E-state index in [2.05, 4.69) is 33.0 Å². The molecule has 0 heterocycles. The second kappa shape index (κ2) is 11.8. The predicted octanol–water partition coefficient (Wildman–Crippen LogP) is 8.35. The van der Waals surface area contributed by atoms with Gasteiger partial charge in [-0.25, -0.2) is 22.3 Å². The molecule has 5 nitrogen and oxygen atoms in total. The minimum absolute atomic E-state index is 0.0952. The van der Waals surface area contributed by atoms with Gasteiger partial charge in [0.1, 0.15) is 6.17 Å². The van der Waals surface area contributed by atoms with E-state index in [0.717, 1.165) is 69.6 Å². The number of benzene rings is 1. The third-order valence-electron chi connectivity index (χ3n) is 12.6. The van der Waals surface area contributed by atoms with Crippen LogP contribution in [-0.2, 0) is 16.2 Å². The van der Waals surface area contributed by atoms with Crippen molar-refractivity contribution in [3.05, 3.63) is 29.8 Å². The SMILES string of the molecule is CC[C@H]1CC2C3CCC([C@H](C)CCNC(=O)NS(=O)(=O)c4cccc(C(F)(F)F)c4)[C@@]3(C)CCC2[C@@]2(C)CCC[C@H](F)[C@@H]12. The molecule has 5 rings (SSSR count). The predicted molar refractivity (Wildman–Crippen MR) is 158 cm³/mol. The van der Waals surface area contributed by atoms with Crippen LogP contribution in [0.4, 0.5) is 22.4 Å². The Hall–Kier alpha value is -1.84. The highest BCUT2D eigenvalue weighted by Gasteiger charge is 2.63. The highest BCUT2D eigenvalue weighted by Crippen LogP contribution is 2.69. The van der Waals surface area contributed by atoms with E-state index in [-0.39, 0.29) is 23.3 Å². The molecular formula is C33H48F4N2O3S. The minimum atomic E-state index is -4.69. The minimum Gasteiger partial charge on any atom is -0.337 e. The molecule has 1 aromatic rings. The van der Waals surface area contributed by atoms with Crippen molar-refractivity contribution < 1.29 is 30.8 Å². The van der Waals surface area contributed by atoms with Crippen molar-refractivity contribution in [2.45, 2.75) is 109 Å². The molecular weight excluding hydrogens is 580 g/mol. The third-order valence-corrected chi connectivity index (χ3v) is 13.9. The zero-order valence-electron chi connectivity index (χ0n) is 25.9. The van der Waals surface area contributed by atoms with Crippen molar-refractivity contribution in [2.75, 3.05) is 6.54 Å². The summed E-state index contributed by atoms with van der Waals surface area (Å²) >= 11 is 0. The molecule has 242 valence electrons. The van der Waals surface area contributed by atoms with Crippen LogP contribution in [-0.4, -0.2) is 27.2 Å². The van der Waals surface area contributed by atoms with Crippen LogP contribution < -0.4 is 10.0 Å². The molecule has 0 spiro atoms. The monoisotopic (exact) mass is 628 g/mol. The number of sulfonamides is 1. The topological polar surface area (TPSA) is 75.3 Å². The van der Waals surface area contributed by atoms with Crippen LogP contribution in [0.1, 0.15) is 97.5 Å². The van der Waals surface area contributed by atoms with Gasteiger partial charge in [0.15, 0.2) is 0 Å². The first-order valence-electron chi connectivity index (χ1n) is 16.2. The molecule has 0 aliphatic heterocycles. The summed E-state index contributed by atoms with van der Waals surface area (Å²) in [6.07, 6.45) is 5.00. The van der Waals surface area contributed by atoms with Crippen molar-refractivity contribution in [1.29, 1.82) is 0 Å². The van der Waals surface area contributed by atoms with Crippen molar-refractivity contribution >= 4 is 16.1 Å². The van der Waals surface area contributed by atoms with Gasteiger partial charge < -0.3 is 5.32 Å². The summed E-state index contributed by atoms with van der Waals surface area (Å²) in [5.74, 6) is 3.30. The van der Waals surface area contributed by atoms with E-state index in [1.807, 2.05) is 4.72 Å². The van der Waals surface area contributed by atoms with Crippen LogP contribution in [0.2, 0.25) is 0 Å². The number of hydrogen-bond donors (Lipinski definition) is 2. The number of amides is 2. The van der Waals surface area contributed by atoms with Gasteiger partial charge in [-0.1, -0.05) is 40.2 Å². The molecule has 2 N–H and O–H groups in total. The third kappa shape index (κ3) is 5.95. The summed E-state index contributed by atoms with van der Waals surface area (Å²) in [5, 5.41) is 2.60. The Morgan fingerprint density at radius 1 is 1.07 bits per heavy atom. The number of rotatable bonds is 7. The largest absolute Gasteiger partial charge is 0.416 e. The van der Waals surface area contributed by atoms with Gasteiger partial charge in [-0.15, -0.1) is 0 Å². The van der Waals surface area contributed by atoms with E-state index in [4.69, 9.17) is 0 Å². The van der Waals surface area contributed by atoms with Gasteiger partial charge >= 0.3 is 12.2 Å². The summed E-state index contributed by atoms with van der Waals surface area (Å²) in [7, 11) is -4.46. The molecule has 4 aliphatic rings. The molecule has 10 atom stereocenters. The summed E-state index contributed by atoms with van der Waals surface area (Å²) in [6, 6.07) is 2.38. The molecule has 4 saturated carbocycles. The average Bonchev–Trinajstić information content (AvgIpc) is 3.29. The zero-order chi connectivity index (χ0) is 31.4. The lowest BCUT2D eigenvalue weighted by Crippen LogP contribution is -2.58. The Morgan fingerprint density at radius 3 is 2.49 bits per heavy atom. The van der Waals surface area contributed by atoms with E-state index in [9.17, 15) is 26.4 Å². The summed E-state index contributed by atoms with van der Waals surface area (Å²) in [6.45, 7) is 9.58. The molecule has 2 amide bonds. The Bertz CT molecular complexity index is 1290. The first-order valence-corrected chi connectivity index (χ1v) is 17.7. The molecule has 4 fully saturated rings. The van der Waals surface area contributed by atoms with E-state index < -0.39 is 38.9 Å². The van der Waals surface area contributed by atoms with Crippen LogP contribution in [0.3, 0.4) is 0 Å². The van der Waals surface area contributed by atoms with Crippen molar-refractivity contribution in [3.63, 3.8) is 0 Å². The van der Waals surface area contributed by atoms with Gasteiger partial charge in [-0.2, -0.15) is 13.2 Å². The molecule has 4 unspecified atom stereocenters. The second-order valence-corrected chi connectivity index (χ2v) is 16.3. The lowest BCUT2D eigenvalue weighted by molar-refractivity contribution is -0.157. The number of hydrogen-bond acceptors (Lipinski definition) is 3. The number of nitrogens with one attached hydrogen (secondary N) is 2. The molecule has 4 aliphatic carbocycles. The highest BCUT2D eigenvalue weighted by atomic mass is 32.2. The number of alkyl halides is 4. The maximum absolute atomic E-state index is 15.4. The molecule has 10 heteroatoms. The molecule has 0 aromatic heterocycles. The van der Waals surface area contributed by atoms with E-state index in [0.29, 0.717) is 48.0 Å². The number of carbonyl (C=O) groups is 1. The first kappa shape index (κ1) is 32.6. The number of halogens is 4. The second-order valence-electron chi connectivity index (χ2n) is 14.6. The van der Waals surface area contributed by atoms with Gasteiger partial charge in [-0.3, -0.25) is 0 Å². The maximum atomic E-state index is 15.4. The molecule has 0 bridgehead atoms. The van der Waals surface area contributed by atoms with Gasteiger partial charge in [0.2, 0.25) is 0 Å². The number of urea groups is 1. The Morgan fingerprint density at radius 2 is 1.79 bits per heavy atom. The van der Waals surface area contributed by atoms with E-state index >= 15 is 4.39 Å². The van der Waals surface area contributed by atoms with Gasteiger partial charge in [0.25, 0.3) is 10.0 Å². The van der Waals surface area contributed by atoms with Crippen molar-refractivity contribution in [3.8, 4) is 0 Å². The van der Waals surface area contributed by atoms with Crippen molar-refractivity contribution in [2.24, 2.45) is 52.3 Å². The normalized spacial score (nSPS) is 38.4. The van der Waals surface area contributed by atoms with Crippen LogP contribution in [0.25, 0.3) is 0 Å². The van der Waals surface area contributed by atoms with Gasteiger partial charge in [-0.05, 0) is 128 Å². The highest BCUT2D eigenvalue weighted by molar-refractivity contribution is 7.90. The molecule has 43 heavy (non-hydrogen) atoms. The van der Waals surface area contributed by atoms with E-state index in [1.165, 1.54) is 6.42 Å². The fourth-order valence-corrected chi connectivity index (χ4v) is 11.7. The van der Waals surface area contributed by atoms with Crippen LogP contribution >= 0.6 is 0 Å². The lowest BCUT2D eigenvalue weighted by atomic mass is 9.42. The number of fused-ring (bicyclic) bond motifs is 5. The first-order chi connectivity index (χ1) is 20.1. The van der Waals surface area contributed by atoms with Crippen LogP contribution in [0.5, 0.6) is 0 Å². The number of carbonyl (C=O) groups excluding carboxylic acids is 1. The van der Waals surface area contributed by atoms with Crippen LogP contribution in [0.15, 0.2) is 29.2 Å². The fourth-order valence-electron chi connectivity index (χ4n) is 10.7. The fraction of sp³-hybridized carbons (Fsp3) is 0.788. The molecule has 1 aromatic carbocycles. The Balaban J connectivity index is 1.19. The summed E-state index contributed by atoms with van der Waals surface area (Å²) < 4.78 is 81.4. The van der Waals surface area contributed by atoms with Crippen molar-refractivity contribution in [1.82, 2.24) is 10.0 Å². The molecule has 0 saturated heterocycles. The van der Waals surface area contributed by atoms with Gasteiger partial charge in [0.05, 0.1) is 10.5 Å². The van der Waals surface area contributed by atoms with E-state index in [1.54, 1.807) is 0 Å². The van der Waals surface area contributed by atoms with Crippen LogP contribution in [0, 0.1) is 52.3 Å². The average molecular weight is 629 g/mol.